The highest BCUT2D eigenvalue weighted by Gasteiger charge is 2.17. The second kappa shape index (κ2) is 9.86. The molecule has 1 aromatic heterocycles. The zero-order valence-electron chi connectivity index (χ0n) is 17.2. The summed E-state index contributed by atoms with van der Waals surface area (Å²) >= 11 is 1.17. The number of hydrogen-bond donors (Lipinski definition) is 2. The predicted octanol–water partition coefficient (Wildman–Crippen LogP) is 2.64. The maximum Gasteiger partial charge on any atom is 0.261 e. The van der Waals surface area contributed by atoms with Crippen molar-refractivity contribution >= 4 is 32.4 Å². The fraction of sp³-hybridized carbons (Fsp3) is 0.250. The standard InChI is InChI=1S/C20H22N4O5S2/c1-13-4-7-15(8-5-13)31(26,27)21-11-10-18-23-24-20(30-18)22-19(25)16-9-6-14(28-2)12-17(16)29-3/h4-9,12,21H,10-11H2,1-3H3,(H,22,24,25). The van der Waals surface area contributed by atoms with Gasteiger partial charge in [-0.05, 0) is 31.2 Å². The highest BCUT2D eigenvalue weighted by molar-refractivity contribution is 7.89. The van der Waals surface area contributed by atoms with Crippen LogP contribution in [0, 0.1) is 6.92 Å². The smallest absolute Gasteiger partial charge is 0.261 e. The van der Waals surface area contributed by atoms with Crippen molar-refractivity contribution in [2.45, 2.75) is 18.2 Å². The molecular weight excluding hydrogens is 440 g/mol. The van der Waals surface area contributed by atoms with Crippen LogP contribution in [0.2, 0.25) is 0 Å². The predicted molar refractivity (Wildman–Crippen MR) is 117 cm³/mol. The van der Waals surface area contributed by atoms with Crippen molar-refractivity contribution in [3.63, 3.8) is 0 Å². The Balaban J connectivity index is 1.58. The van der Waals surface area contributed by atoms with Crippen LogP contribution in [0.15, 0.2) is 47.4 Å². The molecule has 0 saturated heterocycles. The van der Waals surface area contributed by atoms with Gasteiger partial charge in [-0.15, -0.1) is 10.2 Å². The number of carbonyl (C=O) groups is 1. The van der Waals surface area contributed by atoms with Crippen molar-refractivity contribution in [1.82, 2.24) is 14.9 Å². The quantitative estimate of drug-likeness (QED) is 0.502. The molecule has 31 heavy (non-hydrogen) atoms. The summed E-state index contributed by atoms with van der Waals surface area (Å²) in [6.07, 6.45) is 0.338. The van der Waals surface area contributed by atoms with Crippen LogP contribution in [0.4, 0.5) is 5.13 Å². The van der Waals surface area contributed by atoms with E-state index in [9.17, 15) is 13.2 Å². The number of amides is 1. The average molecular weight is 463 g/mol. The first-order valence-corrected chi connectivity index (χ1v) is 11.5. The van der Waals surface area contributed by atoms with Crippen molar-refractivity contribution in [3.8, 4) is 11.5 Å². The van der Waals surface area contributed by atoms with E-state index in [1.54, 1.807) is 42.5 Å². The zero-order chi connectivity index (χ0) is 22.4. The van der Waals surface area contributed by atoms with E-state index in [4.69, 9.17) is 9.47 Å². The molecule has 1 amide bonds. The number of hydrogen-bond acceptors (Lipinski definition) is 8. The molecule has 0 aliphatic heterocycles. The SMILES string of the molecule is COc1ccc(C(=O)Nc2nnc(CCNS(=O)(=O)c3ccc(C)cc3)s2)c(OC)c1. The van der Waals surface area contributed by atoms with E-state index in [1.807, 2.05) is 6.92 Å². The highest BCUT2D eigenvalue weighted by atomic mass is 32.2. The number of ether oxygens (including phenoxy) is 2. The molecule has 0 bridgehead atoms. The van der Waals surface area contributed by atoms with Gasteiger partial charge in [0.2, 0.25) is 15.2 Å². The Hall–Kier alpha value is -3.02. The van der Waals surface area contributed by atoms with Gasteiger partial charge < -0.3 is 9.47 Å². The number of aromatic nitrogens is 2. The van der Waals surface area contributed by atoms with Crippen LogP contribution in [0.3, 0.4) is 0 Å². The summed E-state index contributed by atoms with van der Waals surface area (Å²) in [7, 11) is -0.606. The van der Waals surface area contributed by atoms with Crippen molar-refractivity contribution in [2.24, 2.45) is 0 Å². The van der Waals surface area contributed by atoms with Gasteiger partial charge in [0.1, 0.15) is 16.5 Å². The van der Waals surface area contributed by atoms with Gasteiger partial charge in [-0.3, -0.25) is 10.1 Å². The maximum absolute atomic E-state index is 12.5. The fourth-order valence-corrected chi connectivity index (χ4v) is 4.41. The molecule has 11 heteroatoms. The van der Waals surface area contributed by atoms with Crippen LogP contribution in [-0.2, 0) is 16.4 Å². The molecule has 0 aliphatic rings. The van der Waals surface area contributed by atoms with Gasteiger partial charge in [-0.25, -0.2) is 13.1 Å². The number of nitrogens with zero attached hydrogens (tertiary/aromatic N) is 2. The molecule has 2 N–H and O–H groups in total. The summed E-state index contributed by atoms with van der Waals surface area (Å²) in [5, 5.41) is 11.5. The first-order chi connectivity index (χ1) is 14.8. The molecular formula is C20H22N4O5S2. The van der Waals surface area contributed by atoms with E-state index in [2.05, 4.69) is 20.2 Å². The largest absolute Gasteiger partial charge is 0.497 e. The van der Waals surface area contributed by atoms with Gasteiger partial charge in [0.25, 0.3) is 5.91 Å². The van der Waals surface area contributed by atoms with Crippen LogP contribution >= 0.6 is 11.3 Å². The van der Waals surface area contributed by atoms with Crippen molar-refractivity contribution in [3.05, 3.63) is 58.6 Å². The number of sulfonamides is 1. The van der Waals surface area contributed by atoms with E-state index in [0.29, 0.717) is 33.6 Å². The third-order valence-electron chi connectivity index (χ3n) is 4.30. The second-order valence-electron chi connectivity index (χ2n) is 6.48. The van der Waals surface area contributed by atoms with E-state index in [1.165, 1.54) is 25.6 Å². The van der Waals surface area contributed by atoms with E-state index in [0.717, 1.165) is 5.56 Å². The number of anilines is 1. The Morgan fingerprint density at radius 2 is 1.81 bits per heavy atom. The summed E-state index contributed by atoms with van der Waals surface area (Å²) < 4.78 is 37.6. The maximum atomic E-state index is 12.5. The number of carbonyl (C=O) groups excluding carboxylic acids is 1. The molecule has 0 unspecified atom stereocenters. The first-order valence-electron chi connectivity index (χ1n) is 9.24. The van der Waals surface area contributed by atoms with Crippen LogP contribution in [-0.4, -0.2) is 45.3 Å². The molecule has 0 aliphatic carbocycles. The third-order valence-corrected chi connectivity index (χ3v) is 6.68. The number of rotatable bonds is 9. The lowest BCUT2D eigenvalue weighted by molar-refractivity contribution is 0.102. The van der Waals surface area contributed by atoms with E-state index >= 15 is 0 Å². The minimum Gasteiger partial charge on any atom is -0.497 e. The summed E-state index contributed by atoms with van der Waals surface area (Å²) in [6, 6.07) is 11.5. The van der Waals surface area contributed by atoms with Gasteiger partial charge in [-0.1, -0.05) is 29.0 Å². The number of methoxy groups -OCH3 is 2. The average Bonchev–Trinajstić information content (AvgIpc) is 3.20. The minimum absolute atomic E-state index is 0.158. The lowest BCUT2D eigenvalue weighted by Crippen LogP contribution is -2.25. The Kier molecular flexibility index (Phi) is 7.21. The summed E-state index contributed by atoms with van der Waals surface area (Å²) in [5.41, 5.74) is 1.31. The van der Waals surface area contributed by atoms with Crippen molar-refractivity contribution in [2.75, 3.05) is 26.1 Å². The molecule has 9 nitrogen and oxygen atoms in total. The Bertz CT molecular complexity index is 1160. The summed E-state index contributed by atoms with van der Waals surface area (Å²) in [6.45, 7) is 2.05. The molecule has 2 aromatic carbocycles. The molecule has 3 rings (SSSR count). The zero-order valence-corrected chi connectivity index (χ0v) is 18.8. The fourth-order valence-electron chi connectivity index (χ4n) is 2.65. The van der Waals surface area contributed by atoms with Gasteiger partial charge in [0.15, 0.2) is 0 Å². The Morgan fingerprint density at radius 3 is 2.48 bits per heavy atom. The third kappa shape index (κ3) is 5.78. The number of nitrogens with one attached hydrogen (secondary N) is 2. The number of aryl methyl sites for hydroxylation is 1. The Labute approximate surface area is 184 Å². The topological polar surface area (TPSA) is 120 Å². The number of benzene rings is 2. The second-order valence-corrected chi connectivity index (χ2v) is 9.31. The van der Waals surface area contributed by atoms with E-state index < -0.39 is 15.9 Å². The van der Waals surface area contributed by atoms with Crippen LogP contribution in [0.5, 0.6) is 11.5 Å². The molecule has 0 spiro atoms. The molecule has 0 saturated carbocycles. The molecule has 0 radical (unpaired) electrons. The lowest BCUT2D eigenvalue weighted by atomic mass is 10.2. The van der Waals surface area contributed by atoms with Crippen molar-refractivity contribution in [1.29, 1.82) is 0 Å². The molecule has 1 heterocycles. The Morgan fingerprint density at radius 1 is 1.06 bits per heavy atom. The van der Waals surface area contributed by atoms with Crippen molar-refractivity contribution < 1.29 is 22.7 Å². The molecule has 3 aromatic rings. The molecule has 0 fully saturated rings. The minimum atomic E-state index is -3.60. The summed E-state index contributed by atoms with van der Waals surface area (Å²) in [4.78, 5) is 12.7. The van der Waals surface area contributed by atoms with Gasteiger partial charge in [0, 0.05) is 19.0 Å². The van der Waals surface area contributed by atoms with Gasteiger partial charge in [-0.2, -0.15) is 0 Å². The first kappa shape index (κ1) is 22.7. The molecule has 164 valence electrons. The summed E-state index contributed by atoms with van der Waals surface area (Å²) in [5.74, 6) is 0.536. The normalized spacial score (nSPS) is 11.2. The van der Waals surface area contributed by atoms with Crippen LogP contribution in [0.1, 0.15) is 20.9 Å². The van der Waals surface area contributed by atoms with Crippen LogP contribution in [0.25, 0.3) is 0 Å². The highest BCUT2D eigenvalue weighted by Crippen LogP contribution is 2.26. The van der Waals surface area contributed by atoms with Crippen LogP contribution < -0.4 is 19.5 Å². The molecule has 0 atom stereocenters. The lowest BCUT2D eigenvalue weighted by Gasteiger charge is -2.09. The van der Waals surface area contributed by atoms with Gasteiger partial charge >= 0.3 is 0 Å². The monoisotopic (exact) mass is 462 g/mol. The van der Waals surface area contributed by atoms with E-state index in [-0.39, 0.29) is 11.4 Å². The van der Waals surface area contributed by atoms with Gasteiger partial charge in [0.05, 0.1) is 24.7 Å².